The molecule has 0 aliphatic carbocycles. The number of ketones is 1. The van der Waals surface area contributed by atoms with Gasteiger partial charge in [0.1, 0.15) is 5.78 Å². The Labute approximate surface area is 66.0 Å². The normalized spacial score (nSPS) is 53.6. The van der Waals surface area contributed by atoms with Crippen LogP contribution in [0.15, 0.2) is 0 Å². The van der Waals surface area contributed by atoms with Crippen molar-refractivity contribution < 1.29 is 4.79 Å². The summed E-state index contributed by atoms with van der Waals surface area (Å²) in [6.07, 6.45) is 0. The standard InChI is InChI=1S/C8H12N2O/c11-8-6-1-9-3-7(8)4-10(2-6)5-9/h6-7H,1-5H2. The largest absolute Gasteiger partial charge is 0.299 e. The zero-order chi connectivity index (χ0) is 7.42. The third-order valence-electron chi connectivity index (χ3n) is 3.12. The van der Waals surface area contributed by atoms with Crippen molar-refractivity contribution in [2.75, 3.05) is 32.8 Å². The highest BCUT2D eigenvalue weighted by Crippen LogP contribution is 2.30. The zero-order valence-corrected chi connectivity index (χ0v) is 6.49. The Morgan fingerprint density at radius 3 is 1.91 bits per heavy atom. The van der Waals surface area contributed by atoms with E-state index >= 15 is 0 Å². The first-order valence-electron chi connectivity index (χ1n) is 4.31. The van der Waals surface area contributed by atoms with Crippen molar-refractivity contribution in [1.29, 1.82) is 0 Å². The van der Waals surface area contributed by atoms with Crippen molar-refractivity contribution in [2.45, 2.75) is 0 Å². The van der Waals surface area contributed by atoms with Gasteiger partial charge in [0.05, 0.1) is 6.67 Å². The van der Waals surface area contributed by atoms with Crippen LogP contribution in [0.4, 0.5) is 0 Å². The van der Waals surface area contributed by atoms with Crippen LogP contribution < -0.4 is 0 Å². The van der Waals surface area contributed by atoms with Gasteiger partial charge >= 0.3 is 0 Å². The third-order valence-corrected chi connectivity index (χ3v) is 3.12. The molecule has 4 rings (SSSR count). The molecule has 4 saturated heterocycles. The number of carbonyl (C=O) groups excluding carboxylic acids is 1. The molecule has 60 valence electrons. The van der Waals surface area contributed by atoms with Crippen LogP contribution in [-0.2, 0) is 4.79 Å². The molecule has 0 N–H and O–H groups in total. The summed E-state index contributed by atoms with van der Waals surface area (Å²) in [5, 5.41) is 0. The Morgan fingerprint density at radius 1 is 1.00 bits per heavy atom. The van der Waals surface area contributed by atoms with Gasteiger partial charge in [-0.1, -0.05) is 0 Å². The van der Waals surface area contributed by atoms with Crippen LogP contribution in [-0.4, -0.2) is 48.4 Å². The molecule has 4 aliphatic rings. The highest BCUT2D eigenvalue weighted by Gasteiger charge is 2.45. The molecule has 0 unspecified atom stereocenters. The molecule has 4 fully saturated rings. The van der Waals surface area contributed by atoms with Crippen LogP contribution >= 0.6 is 0 Å². The maximum Gasteiger partial charge on any atom is 0.144 e. The quantitative estimate of drug-likeness (QED) is 0.462. The van der Waals surface area contributed by atoms with E-state index in [1.54, 1.807) is 0 Å². The second kappa shape index (κ2) is 1.84. The van der Waals surface area contributed by atoms with Gasteiger partial charge in [-0.25, -0.2) is 0 Å². The fourth-order valence-corrected chi connectivity index (χ4v) is 2.72. The van der Waals surface area contributed by atoms with Crippen LogP contribution in [0.25, 0.3) is 0 Å². The van der Waals surface area contributed by atoms with E-state index in [1.165, 1.54) is 0 Å². The average molecular weight is 152 g/mol. The number of rotatable bonds is 0. The van der Waals surface area contributed by atoms with Gasteiger partial charge in [-0.15, -0.1) is 0 Å². The Bertz CT molecular complexity index is 184. The Morgan fingerprint density at radius 2 is 1.45 bits per heavy atom. The molecule has 4 bridgehead atoms. The second-order valence-corrected chi connectivity index (χ2v) is 4.01. The van der Waals surface area contributed by atoms with Gasteiger partial charge in [0, 0.05) is 38.0 Å². The molecule has 0 aromatic rings. The van der Waals surface area contributed by atoms with Crippen molar-refractivity contribution in [1.82, 2.24) is 9.80 Å². The number of nitrogens with zero attached hydrogens (tertiary/aromatic N) is 2. The van der Waals surface area contributed by atoms with Gasteiger partial charge in [0.15, 0.2) is 0 Å². The van der Waals surface area contributed by atoms with Crippen molar-refractivity contribution in [2.24, 2.45) is 11.8 Å². The predicted octanol–water partition coefficient (Wildman–Crippen LogP) is -0.610. The lowest BCUT2D eigenvalue weighted by molar-refractivity contribution is -0.148. The molecular formula is C8H12N2O. The maximum atomic E-state index is 11.5. The van der Waals surface area contributed by atoms with Gasteiger partial charge < -0.3 is 0 Å². The summed E-state index contributed by atoms with van der Waals surface area (Å²) in [5.74, 6) is 1.25. The molecule has 4 heterocycles. The van der Waals surface area contributed by atoms with Gasteiger partial charge in [-0.3, -0.25) is 14.6 Å². The van der Waals surface area contributed by atoms with Gasteiger partial charge in [0.25, 0.3) is 0 Å². The molecule has 3 nitrogen and oxygen atoms in total. The number of hydrogen-bond acceptors (Lipinski definition) is 3. The first-order chi connectivity index (χ1) is 5.33. The number of piperidine rings is 2. The van der Waals surface area contributed by atoms with Gasteiger partial charge in [0.2, 0.25) is 0 Å². The van der Waals surface area contributed by atoms with E-state index in [-0.39, 0.29) is 0 Å². The molecule has 0 radical (unpaired) electrons. The smallest absolute Gasteiger partial charge is 0.144 e. The lowest BCUT2D eigenvalue weighted by Crippen LogP contribution is -2.66. The lowest BCUT2D eigenvalue weighted by Gasteiger charge is -2.52. The Kier molecular flexibility index (Phi) is 1.03. The molecule has 11 heavy (non-hydrogen) atoms. The van der Waals surface area contributed by atoms with Gasteiger partial charge in [-0.05, 0) is 0 Å². The lowest BCUT2D eigenvalue weighted by atomic mass is 9.81. The monoisotopic (exact) mass is 152 g/mol. The van der Waals surface area contributed by atoms with Crippen molar-refractivity contribution >= 4 is 5.78 Å². The molecule has 0 saturated carbocycles. The summed E-state index contributed by atoms with van der Waals surface area (Å²) >= 11 is 0. The van der Waals surface area contributed by atoms with E-state index < -0.39 is 0 Å². The summed E-state index contributed by atoms with van der Waals surface area (Å²) in [5.41, 5.74) is 0. The zero-order valence-electron chi connectivity index (χ0n) is 6.49. The van der Waals surface area contributed by atoms with E-state index in [4.69, 9.17) is 0 Å². The van der Waals surface area contributed by atoms with Crippen LogP contribution in [0.5, 0.6) is 0 Å². The highest BCUT2D eigenvalue weighted by molar-refractivity contribution is 5.86. The Hall–Kier alpha value is -0.410. The van der Waals surface area contributed by atoms with Crippen LogP contribution in [0.3, 0.4) is 0 Å². The minimum atomic E-state index is 0.358. The predicted molar refractivity (Wildman–Crippen MR) is 40.0 cm³/mol. The molecule has 0 aromatic carbocycles. The number of hydrogen-bond donors (Lipinski definition) is 0. The van der Waals surface area contributed by atoms with Crippen LogP contribution in [0, 0.1) is 11.8 Å². The molecule has 0 spiro atoms. The molecule has 0 aromatic heterocycles. The average Bonchev–Trinajstić information content (AvgIpc) is 1.98. The van der Waals surface area contributed by atoms with E-state index in [1.807, 2.05) is 0 Å². The summed E-state index contributed by atoms with van der Waals surface area (Å²) in [6.45, 7) is 5.25. The van der Waals surface area contributed by atoms with Gasteiger partial charge in [-0.2, -0.15) is 0 Å². The van der Waals surface area contributed by atoms with Crippen molar-refractivity contribution in [3.63, 3.8) is 0 Å². The van der Waals surface area contributed by atoms with Crippen LogP contribution in [0.2, 0.25) is 0 Å². The molecule has 4 aliphatic heterocycles. The van der Waals surface area contributed by atoms with E-state index in [2.05, 4.69) is 9.80 Å². The molecular weight excluding hydrogens is 140 g/mol. The maximum absolute atomic E-state index is 11.5. The summed E-state index contributed by atoms with van der Waals surface area (Å²) in [6, 6.07) is 0. The van der Waals surface area contributed by atoms with Crippen molar-refractivity contribution in [3.05, 3.63) is 0 Å². The minimum Gasteiger partial charge on any atom is -0.299 e. The summed E-state index contributed by atoms with van der Waals surface area (Å²) in [4.78, 5) is 16.3. The van der Waals surface area contributed by atoms with E-state index in [0.29, 0.717) is 17.6 Å². The second-order valence-electron chi connectivity index (χ2n) is 4.01. The summed E-state index contributed by atoms with van der Waals surface area (Å²) < 4.78 is 0. The number of carbonyl (C=O) groups is 1. The molecule has 0 amide bonds. The SMILES string of the molecule is O=C1C2CN3CC1CN(C2)C3. The topological polar surface area (TPSA) is 23.6 Å². The van der Waals surface area contributed by atoms with E-state index in [9.17, 15) is 4.79 Å². The first-order valence-corrected chi connectivity index (χ1v) is 4.31. The number of Topliss-reactive ketones (excluding diaryl/α,β-unsaturated/α-hetero) is 1. The first kappa shape index (κ1) is 6.14. The van der Waals surface area contributed by atoms with Crippen LogP contribution in [0.1, 0.15) is 0 Å². The fourth-order valence-electron chi connectivity index (χ4n) is 2.72. The molecule has 3 heteroatoms. The third kappa shape index (κ3) is 0.726. The Balaban J connectivity index is 1.96. The minimum absolute atomic E-state index is 0.358. The fraction of sp³-hybridized carbons (Fsp3) is 0.875. The summed E-state index contributed by atoms with van der Waals surface area (Å²) in [7, 11) is 0. The highest BCUT2D eigenvalue weighted by atomic mass is 16.1. The van der Waals surface area contributed by atoms with E-state index in [0.717, 1.165) is 32.8 Å². The molecule has 0 atom stereocenters. The van der Waals surface area contributed by atoms with Crippen molar-refractivity contribution in [3.8, 4) is 0 Å².